The van der Waals surface area contributed by atoms with Crippen molar-refractivity contribution in [2.45, 2.75) is 20.3 Å². The normalized spacial score (nSPS) is 11.2. The molecule has 26 heavy (non-hydrogen) atoms. The highest BCUT2D eigenvalue weighted by Gasteiger charge is 2.09. The number of benzene rings is 2. The minimum absolute atomic E-state index is 0.322. The largest absolute Gasteiger partial charge is 0.360 e. The molecule has 0 aliphatic carbocycles. The summed E-state index contributed by atoms with van der Waals surface area (Å²) in [6.07, 6.45) is 2.57. The van der Waals surface area contributed by atoms with E-state index in [1.165, 1.54) is 29.0 Å². The first-order chi connectivity index (χ1) is 12.6. The lowest BCUT2D eigenvalue weighted by Crippen LogP contribution is -1.94. The number of rotatable bonds is 5. The minimum Gasteiger partial charge on any atom is -0.360 e. The van der Waals surface area contributed by atoms with E-state index in [9.17, 15) is 9.65 Å². The van der Waals surface area contributed by atoms with Gasteiger partial charge in [-0.05, 0) is 36.6 Å². The maximum atomic E-state index is 13.4. The molecule has 1 aromatic heterocycles. The third kappa shape index (κ3) is 3.98. The predicted molar refractivity (Wildman–Crippen MR) is 105 cm³/mol. The molecule has 130 valence electrons. The van der Waals surface area contributed by atoms with Gasteiger partial charge in [0.25, 0.3) is 0 Å². The minimum atomic E-state index is -0.322. The first-order valence-electron chi connectivity index (χ1n) is 8.29. The van der Waals surface area contributed by atoms with E-state index >= 15 is 0 Å². The summed E-state index contributed by atoms with van der Waals surface area (Å²) in [7, 11) is 0. The van der Waals surface area contributed by atoms with Crippen LogP contribution >= 0.6 is 11.3 Å². The van der Waals surface area contributed by atoms with Crippen LogP contribution in [-0.4, -0.2) is 4.98 Å². The van der Waals surface area contributed by atoms with Crippen molar-refractivity contribution in [3.8, 4) is 17.3 Å². The number of nitrogens with one attached hydrogen (secondary N) is 1. The van der Waals surface area contributed by atoms with Crippen LogP contribution in [-0.2, 0) is 6.42 Å². The highest BCUT2D eigenvalue weighted by atomic mass is 32.1. The molecule has 0 bridgehead atoms. The number of hydrogen-bond acceptors (Lipinski definition) is 4. The van der Waals surface area contributed by atoms with E-state index in [0.717, 1.165) is 23.2 Å². The molecule has 0 saturated carbocycles. The van der Waals surface area contributed by atoms with E-state index in [-0.39, 0.29) is 5.82 Å². The molecule has 0 unspecified atom stereocenters. The second-order valence-corrected chi connectivity index (χ2v) is 6.72. The number of aryl methyl sites for hydroxylation is 2. The molecule has 2 aromatic carbocycles. The van der Waals surface area contributed by atoms with Gasteiger partial charge in [0.15, 0.2) is 0 Å². The van der Waals surface area contributed by atoms with Crippen molar-refractivity contribution in [3.05, 3.63) is 76.0 Å². The second kappa shape index (κ2) is 7.94. The number of nitriles is 1. The van der Waals surface area contributed by atoms with Gasteiger partial charge in [0.1, 0.15) is 22.5 Å². The van der Waals surface area contributed by atoms with Crippen molar-refractivity contribution in [1.29, 1.82) is 5.26 Å². The first-order valence-corrected chi connectivity index (χ1v) is 9.17. The Bertz CT molecular complexity index is 981. The molecule has 0 fully saturated rings. The average molecular weight is 363 g/mol. The highest BCUT2D eigenvalue weighted by Crippen LogP contribution is 2.27. The standard InChI is InChI=1S/C21H18FN3S/c1-3-15-5-7-16(8-6-15)20-13-26-21(25-20)17(11-23)12-24-19-10-18(22)9-4-14(19)2/h4-10,12-13,24H,3H2,1-2H3/b17-12+. The fraction of sp³-hybridized carbons (Fsp3) is 0.143. The first kappa shape index (κ1) is 17.8. The van der Waals surface area contributed by atoms with Gasteiger partial charge in [0.05, 0.1) is 5.69 Å². The molecule has 0 atom stereocenters. The number of allylic oxidation sites excluding steroid dienone is 1. The van der Waals surface area contributed by atoms with Crippen LogP contribution in [0.3, 0.4) is 0 Å². The van der Waals surface area contributed by atoms with Crippen molar-refractivity contribution in [2.75, 3.05) is 5.32 Å². The molecular formula is C21H18FN3S. The summed E-state index contributed by atoms with van der Waals surface area (Å²) in [5, 5.41) is 15.0. The zero-order chi connectivity index (χ0) is 18.5. The number of hydrogen-bond donors (Lipinski definition) is 1. The van der Waals surface area contributed by atoms with Gasteiger partial charge < -0.3 is 5.32 Å². The van der Waals surface area contributed by atoms with Gasteiger partial charge in [-0.15, -0.1) is 11.3 Å². The van der Waals surface area contributed by atoms with Gasteiger partial charge in [-0.2, -0.15) is 5.26 Å². The van der Waals surface area contributed by atoms with Crippen LogP contribution in [0.5, 0.6) is 0 Å². The van der Waals surface area contributed by atoms with Gasteiger partial charge in [0.2, 0.25) is 0 Å². The number of aromatic nitrogens is 1. The highest BCUT2D eigenvalue weighted by molar-refractivity contribution is 7.11. The number of anilines is 1. The molecule has 0 aliphatic rings. The molecule has 1 heterocycles. The lowest BCUT2D eigenvalue weighted by atomic mass is 10.1. The monoisotopic (exact) mass is 363 g/mol. The Morgan fingerprint density at radius 2 is 2.04 bits per heavy atom. The molecule has 5 heteroatoms. The Morgan fingerprint density at radius 1 is 1.27 bits per heavy atom. The Morgan fingerprint density at radius 3 is 2.73 bits per heavy atom. The van der Waals surface area contributed by atoms with Crippen LogP contribution in [0.2, 0.25) is 0 Å². The van der Waals surface area contributed by atoms with Crippen LogP contribution in [0.1, 0.15) is 23.1 Å². The molecule has 1 N–H and O–H groups in total. The number of nitrogens with zero attached hydrogens (tertiary/aromatic N) is 2. The number of halogens is 1. The molecule has 0 saturated heterocycles. The number of thiazole rings is 1. The molecule has 3 rings (SSSR count). The van der Waals surface area contributed by atoms with E-state index in [4.69, 9.17) is 0 Å². The third-order valence-electron chi connectivity index (χ3n) is 4.08. The predicted octanol–water partition coefficient (Wildman–Crippen LogP) is 5.80. The topological polar surface area (TPSA) is 48.7 Å². The summed E-state index contributed by atoms with van der Waals surface area (Å²) in [5.41, 5.74) is 5.08. The molecule has 3 nitrogen and oxygen atoms in total. The van der Waals surface area contributed by atoms with Gasteiger partial charge in [0, 0.05) is 22.8 Å². The molecule has 0 aliphatic heterocycles. The lowest BCUT2D eigenvalue weighted by Gasteiger charge is -2.05. The van der Waals surface area contributed by atoms with Crippen molar-refractivity contribution >= 4 is 22.6 Å². The van der Waals surface area contributed by atoms with Crippen molar-refractivity contribution in [3.63, 3.8) is 0 Å². The quantitative estimate of drug-likeness (QED) is 0.583. The summed E-state index contributed by atoms with van der Waals surface area (Å²) in [6, 6.07) is 14.9. The SMILES string of the molecule is CCc1ccc(-c2csc(/C(C#N)=C/Nc3cc(F)ccc3C)n2)cc1. The molecule has 0 amide bonds. The lowest BCUT2D eigenvalue weighted by molar-refractivity contribution is 0.628. The zero-order valence-corrected chi connectivity index (χ0v) is 15.4. The van der Waals surface area contributed by atoms with Crippen LogP contribution in [0.4, 0.5) is 10.1 Å². The fourth-order valence-electron chi connectivity index (χ4n) is 2.48. The molecular weight excluding hydrogens is 345 g/mol. The Hall–Kier alpha value is -2.97. The van der Waals surface area contributed by atoms with Crippen LogP contribution in [0, 0.1) is 24.1 Å². The molecule has 3 aromatic rings. The Labute approximate surface area is 156 Å². The average Bonchev–Trinajstić information content (AvgIpc) is 3.15. The van der Waals surface area contributed by atoms with Crippen LogP contribution in [0.15, 0.2) is 54.0 Å². The van der Waals surface area contributed by atoms with E-state index in [2.05, 4.69) is 35.4 Å². The van der Waals surface area contributed by atoms with Gasteiger partial charge >= 0.3 is 0 Å². The van der Waals surface area contributed by atoms with Crippen molar-refractivity contribution in [2.24, 2.45) is 0 Å². The molecule has 0 radical (unpaired) electrons. The van der Waals surface area contributed by atoms with E-state index in [0.29, 0.717) is 16.3 Å². The van der Waals surface area contributed by atoms with Gasteiger partial charge in [-0.1, -0.05) is 37.3 Å². The summed E-state index contributed by atoms with van der Waals surface area (Å²) in [5.74, 6) is -0.322. The third-order valence-corrected chi connectivity index (χ3v) is 4.96. The Balaban J connectivity index is 1.83. The summed E-state index contributed by atoms with van der Waals surface area (Å²) >= 11 is 1.41. The zero-order valence-electron chi connectivity index (χ0n) is 14.6. The smallest absolute Gasteiger partial charge is 0.136 e. The summed E-state index contributed by atoms with van der Waals surface area (Å²) in [6.45, 7) is 4.00. The van der Waals surface area contributed by atoms with Crippen LogP contribution in [0.25, 0.3) is 16.8 Å². The summed E-state index contributed by atoms with van der Waals surface area (Å²) < 4.78 is 13.4. The van der Waals surface area contributed by atoms with E-state index in [1.54, 1.807) is 12.3 Å². The van der Waals surface area contributed by atoms with Gasteiger partial charge in [-0.25, -0.2) is 9.37 Å². The van der Waals surface area contributed by atoms with Crippen LogP contribution < -0.4 is 5.32 Å². The van der Waals surface area contributed by atoms with Crippen molar-refractivity contribution < 1.29 is 4.39 Å². The summed E-state index contributed by atoms with van der Waals surface area (Å²) in [4.78, 5) is 4.57. The Kier molecular flexibility index (Phi) is 5.45. The van der Waals surface area contributed by atoms with Gasteiger partial charge in [-0.3, -0.25) is 0 Å². The van der Waals surface area contributed by atoms with Crippen molar-refractivity contribution in [1.82, 2.24) is 4.98 Å². The molecule has 0 spiro atoms. The second-order valence-electron chi connectivity index (χ2n) is 5.86. The van der Waals surface area contributed by atoms with E-state index in [1.807, 2.05) is 24.4 Å². The maximum Gasteiger partial charge on any atom is 0.136 e. The van der Waals surface area contributed by atoms with E-state index < -0.39 is 0 Å². The fourth-order valence-corrected chi connectivity index (χ4v) is 3.28. The maximum absolute atomic E-state index is 13.4.